The monoisotopic (exact) mass is 314 g/mol. The Balaban J connectivity index is 1.81. The summed E-state index contributed by atoms with van der Waals surface area (Å²) in [4.78, 5) is 13.3. The number of nitrogens with zero attached hydrogens (tertiary/aromatic N) is 2. The van der Waals surface area contributed by atoms with Crippen LogP contribution in [0.5, 0.6) is 0 Å². The molecule has 0 unspecified atom stereocenters. The number of hydrazine groups is 1. The van der Waals surface area contributed by atoms with Gasteiger partial charge >= 0.3 is 0 Å². The van der Waals surface area contributed by atoms with Gasteiger partial charge in [-0.25, -0.2) is 5.01 Å². The second kappa shape index (κ2) is 5.85. The van der Waals surface area contributed by atoms with E-state index >= 15 is 0 Å². The van der Waals surface area contributed by atoms with Crippen LogP contribution >= 0.6 is 0 Å². The van der Waals surface area contributed by atoms with E-state index in [1.54, 1.807) is 5.01 Å². The van der Waals surface area contributed by atoms with Gasteiger partial charge in [-0.1, -0.05) is 66.7 Å². The Bertz CT molecular complexity index is 861. The first-order valence-corrected chi connectivity index (χ1v) is 8.04. The highest BCUT2D eigenvalue weighted by Crippen LogP contribution is 2.42. The Kier molecular flexibility index (Phi) is 3.54. The Hall–Kier alpha value is -3.07. The molecule has 3 heteroatoms. The van der Waals surface area contributed by atoms with E-state index in [1.807, 2.05) is 97.0 Å². The number of rotatable bonds is 3. The van der Waals surface area contributed by atoms with E-state index in [0.29, 0.717) is 0 Å². The zero-order valence-electron chi connectivity index (χ0n) is 13.5. The number of carbonyl (C=O) groups is 1. The van der Waals surface area contributed by atoms with Crippen LogP contribution in [0.3, 0.4) is 0 Å². The van der Waals surface area contributed by atoms with Crippen LogP contribution in [0.15, 0.2) is 84.9 Å². The highest BCUT2D eigenvalue weighted by Gasteiger charge is 2.40. The first-order valence-electron chi connectivity index (χ1n) is 8.04. The summed E-state index contributed by atoms with van der Waals surface area (Å²) in [5, 5.41) is 3.70. The van der Waals surface area contributed by atoms with Crippen LogP contribution in [-0.4, -0.2) is 13.0 Å². The number of amides is 1. The molecular formula is C21H18N2O. The number of fused-ring (bicyclic) bond motifs is 1. The first kappa shape index (κ1) is 14.5. The summed E-state index contributed by atoms with van der Waals surface area (Å²) < 4.78 is 0. The fourth-order valence-corrected chi connectivity index (χ4v) is 3.33. The lowest BCUT2D eigenvalue weighted by atomic mass is 9.93. The Morgan fingerprint density at radius 2 is 1.38 bits per heavy atom. The maximum Gasteiger partial charge on any atom is 0.257 e. The maximum absolute atomic E-state index is 13.3. The minimum Gasteiger partial charge on any atom is -0.281 e. The molecule has 0 saturated heterocycles. The summed E-state index contributed by atoms with van der Waals surface area (Å²) in [6.45, 7) is 0. The summed E-state index contributed by atoms with van der Waals surface area (Å²) in [5.41, 5.74) is 4.01. The summed E-state index contributed by atoms with van der Waals surface area (Å²) in [5.74, 6) is -0.178. The molecule has 3 nitrogen and oxygen atoms in total. The number of benzene rings is 3. The van der Waals surface area contributed by atoms with Crippen LogP contribution in [0, 0.1) is 0 Å². The van der Waals surface area contributed by atoms with Gasteiger partial charge in [-0.15, -0.1) is 0 Å². The quantitative estimate of drug-likeness (QED) is 0.723. The largest absolute Gasteiger partial charge is 0.281 e. The van der Waals surface area contributed by atoms with Crippen LogP contribution in [0.2, 0.25) is 0 Å². The van der Waals surface area contributed by atoms with Crippen molar-refractivity contribution in [3.63, 3.8) is 0 Å². The summed E-state index contributed by atoms with van der Waals surface area (Å²) >= 11 is 0. The van der Waals surface area contributed by atoms with E-state index in [4.69, 9.17) is 0 Å². The highest BCUT2D eigenvalue weighted by molar-refractivity contribution is 6.08. The Morgan fingerprint density at radius 3 is 2.08 bits per heavy atom. The van der Waals surface area contributed by atoms with Crippen molar-refractivity contribution in [2.24, 2.45) is 0 Å². The van der Waals surface area contributed by atoms with Crippen LogP contribution in [-0.2, 0) is 4.79 Å². The third kappa shape index (κ3) is 2.26. The first-order chi connectivity index (χ1) is 11.8. The molecule has 0 aromatic heterocycles. The molecule has 3 aromatic carbocycles. The number of carbonyl (C=O) groups excluding carboxylic acids is 1. The lowest BCUT2D eigenvalue weighted by Crippen LogP contribution is -2.43. The molecule has 1 aliphatic heterocycles. The second-order valence-electron chi connectivity index (χ2n) is 5.91. The number of para-hydroxylation sites is 2. The summed E-state index contributed by atoms with van der Waals surface area (Å²) in [7, 11) is 1.93. The minimum atomic E-state index is -0.256. The van der Waals surface area contributed by atoms with E-state index in [0.717, 1.165) is 22.5 Å². The molecule has 24 heavy (non-hydrogen) atoms. The summed E-state index contributed by atoms with van der Waals surface area (Å²) in [6.07, 6.45) is 0. The fraction of sp³-hybridized carbons (Fsp3) is 0.0952. The van der Waals surface area contributed by atoms with E-state index in [1.165, 1.54) is 0 Å². The topological polar surface area (TPSA) is 23.6 Å². The predicted molar refractivity (Wildman–Crippen MR) is 97.1 cm³/mol. The van der Waals surface area contributed by atoms with Crippen molar-refractivity contribution < 1.29 is 4.79 Å². The van der Waals surface area contributed by atoms with Crippen molar-refractivity contribution in [2.75, 3.05) is 17.1 Å². The standard InChI is InChI=1S/C21H18N2O/c1-22(17-12-6-3-7-13-17)23-19-15-9-8-14-18(19)20(21(23)24)16-10-4-2-5-11-16/h2-15,20H,1H3/t20-/m0/s1. The molecule has 0 saturated carbocycles. The van der Waals surface area contributed by atoms with E-state index in [2.05, 4.69) is 0 Å². The SMILES string of the molecule is CN(c1ccccc1)N1C(=O)[C@@H](c2ccccc2)c2ccccc21. The molecule has 1 aliphatic rings. The molecular weight excluding hydrogens is 296 g/mol. The zero-order chi connectivity index (χ0) is 16.5. The Labute approximate surface area is 141 Å². The van der Waals surface area contributed by atoms with Gasteiger partial charge in [0.1, 0.15) is 0 Å². The van der Waals surface area contributed by atoms with E-state index in [9.17, 15) is 4.79 Å². The molecule has 0 spiro atoms. The molecule has 3 aromatic rings. The van der Waals surface area contributed by atoms with Gasteiger partial charge in [0, 0.05) is 7.05 Å². The van der Waals surface area contributed by atoms with Crippen molar-refractivity contribution in [1.29, 1.82) is 0 Å². The van der Waals surface area contributed by atoms with E-state index < -0.39 is 0 Å². The summed E-state index contributed by atoms with van der Waals surface area (Å²) in [6, 6.07) is 27.9. The van der Waals surface area contributed by atoms with Crippen molar-refractivity contribution in [2.45, 2.75) is 5.92 Å². The van der Waals surface area contributed by atoms with Crippen LogP contribution in [0.25, 0.3) is 0 Å². The third-order valence-electron chi connectivity index (χ3n) is 4.49. The van der Waals surface area contributed by atoms with Gasteiger partial charge in [0.15, 0.2) is 0 Å². The number of hydrogen-bond acceptors (Lipinski definition) is 2. The second-order valence-corrected chi connectivity index (χ2v) is 5.91. The average Bonchev–Trinajstić information content (AvgIpc) is 2.94. The van der Waals surface area contributed by atoms with Gasteiger partial charge in [-0.05, 0) is 29.3 Å². The van der Waals surface area contributed by atoms with Crippen molar-refractivity contribution >= 4 is 17.3 Å². The van der Waals surface area contributed by atoms with Gasteiger partial charge in [-0.3, -0.25) is 9.80 Å². The van der Waals surface area contributed by atoms with Crippen molar-refractivity contribution in [1.82, 2.24) is 0 Å². The number of anilines is 2. The van der Waals surface area contributed by atoms with Gasteiger partial charge in [0.2, 0.25) is 0 Å². The maximum atomic E-state index is 13.3. The normalized spacial score (nSPS) is 16.1. The molecule has 0 radical (unpaired) electrons. The molecule has 1 amide bonds. The van der Waals surface area contributed by atoms with Gasteiger partial charge in [0.05, 0.1) is 17.3 Å². The molecule has 1 atom stereocenters. The smallest absolute Gasteiger partial charge is 0.257 e. The average molecular weight is 314 g/mol. The highest BCUT2D eigenvalue weighted by atomic mass is 16.2. The zero-order valence-corrected chi connectivity index (χ0v) is 13.5. The molecule has 118 valence electrons. The van der Waals surface area contributed by atoms with Crippen molar-refractivity contribution in [3.8, 4) is 0 Å². The molecule has 0 bridgehead atoms. The molecule has 0 fully saturated rings. The Morgan fingerprint density at radius 1 is 0.792 bits per heavy atom. The molecule has 4 rings (SSSR count). The van der Waals surface area contributed by atoms with Gasteiger partial charge < -0.3 is 0 Å². The fourth-order valence-electron chi connectivity index (χ4n) is 3.33. The predicted octanol–water partition coefficient (Wildman–Crippen LogP) is 4.22. The third-order valence-corrected chi connectivity index (χ3v) is 4.49. The molecule has 1 heterocycles. The minimum absolute atomic E-state index is 0.0775. The lowest BCUT2D eigenvalue weighted by molar-refractivity contribution is -0.118. The van der Waals surface area contributed by atoms with Gasteiger partial charge in [0.25, 0.3) is 5.91 Å². The van der Waals surface area contributed by atoms with Gasteiger partial charge in [-0.2, -0.15) is 0 Å². The van der Waals surface area contributed by atoms with Crippen LogP contribution < -0.4 is 10.0 Å². The van der Waals surface area contributed by atoms with E-state index in [-0.39, 0.29) is 11.8 Å². The molecule has 0 N–H and O–H groups in total. The lowest BCUT2D eigenvalue weighted by Gasteiger charge is -2.30. The number of hydrogen-bond donors (Lipinski definition) is 0. The van der Waals surface area contributed by atoms with Crippen molar-refractivity contribution in [3.05, 3.63) is 96.1 Å². The van der Waals surface area contributed by atoms with Crippen LogP contribution in [0.1, 0.15) is 17.0 Å². The molecule has 0 aliphatic carbocycles. The van der Waals surface area contributed by atoms with Crippen LogP contribution in [0.4, 0.5) is 11.4 Å².